The summed E-state index contributed by atoms with van der Waals surface area (Å²) < 4.78 is 12.8. The van der Waals surface area contributed by atoms with Crippen LogP contribution >= 0.6 is 0 Å². The third-order valence-corrected chi connectivity index (χ3v) is 2.06. The van der Waals surface area contributed by atoms with Crippen molar-refractivity contribution in [2.75, 3.05) is 6.54 Å². The summed E-state index contributed by atoms with van der Waals surface area (Å²) in [7, 11) is 0. The summed E-state index contributed by atoms with van der Waals surface area (Å²) in [6.45, 7) is 4.17. The quantitative estimate of drug-likeness (QED) is 0.706. The van der Waals surface area contributed by atoms with E-state index >= 15 is 0 Å². The van der Waals surface area contributed by atoms with E-state index in [2.05, 4.69) is 6.58 Å². The molecule has 0 aliphatic carbocycles. The van der Waals surface area contributed by atoms with E-state index in [9.17, 15) is 4.39 Å². The lowest BCUT2D eigenvalue weighted by Crippen LogP contribution is -2.11. The minimum Gasteiger partial charge on any atom is -0.330 e. The Kier molecular flexibility index (Phi) is 3.65. The summed E-state index contributed by atoms with van der Waals surface area (Å²) >= 11 is 0. The molecule has 0 aliphatic heterocycles. The van der Waals surface area contributed by atoms with E-state index in [0.717, 1.165) is 12.0 Å². The molecule has 0 saturated heterocycles. The molecule has 0 saturated carbocycles. The van der Waals surface area contributed by atoms with Crippen LogP contribution in [0.2, 0.25) is 0 Å². The topological polar surface area (TPSA) is 26.0 Å². The molecule has 2 N–H and O–H groups in total. The second-order valence-electron chi connectivity index (χ2n) is 3.01. The number of nitrogens with two attached hydrogens (primary N) is 1. The van der Waals surface area contributed by atoms with Crippen molar-refractivity contribution in [3.05, 3.63) is 48.3 Å². The van der Waals surface area contributed by atoms with Crippen LogP contribution in [0.25, 0.3) is 0 Å². The maximum absolute atomic E-state index is 12.8. The molecule has 0 aromatic heterocycles. The van der Waals surface area contributed by atoms with Crippen molar-refractivity contribution in [1.82, 2.24) is 0 Å². The summed E-state index contributed by atoms with van der Waals surface area (Å²) in [4.78, 5) is 0. The molecular weight excluding hydrogens is 165 g/mol. The van der Waals surface area contributed by atoms with E-state index < -0.39 is 0 Å². The van der Waals surface area contributed by atoms with E-state index in [1.807, 2.05) is 12.1 Å². The van der Waals surface area contributed by atoms with Gasteiger partial charge in [-0.25, -0.2) is 4.39 Å². The number of allylic oxidation sites excluding steroid dienone is 1. The zero-order valence-corrected chi connectivity index (χ0v) is 7.54. The third-order valence-electron chi connectivity index (χ3n) is 2.06. The minimum absolute atomic E-state index is 0.188. The van der Waals surface area contributed by atoms with Crippen molar-refractivity contribution in [1.29, 1.82) is 0 Å². The lowest BCUT2D eigenvalue weighted by Gasteiger charge is -2.12. The van der Waals surface area contributed by atoms with Gasteiger partial charge in [0.2, 0.25) is 0 Å². The Morgan fingerprint density at radius 3 is 2.85 bits per heavy atom. The molecule has 0 spiro atoms. The molecule has 1 aromatic carbocycles. The van der Waals surface area contributed by atoms with Crippen LogP contribution in [0, 0.1) is 5.82 Å². The SMILES string of the molecule is C=CCC(CN)c1cccc(F)c1. The van der Waals surface area contributed by atoms with Gasteiger partial charge in [0.15, 0.2) is 0 Å². The van der Waals surface area contributed by atoms with E-state index in [1.54, 1.807) is 6.07 Å². The highest BCUT2D eigenvalue weighted by atomic mass is 19.1. The zero-order valence-electron chi connectivity index (χ0n) is 7.54. The van der Waals surface area contributed by atoms with Crippen LogP contribution in [0.15, 0.2) is 36.9 Å². The van der Waals surface area contributed by atoms with Gasteiger partial charge in [0, 0.05) is 0 Å². The van der Waals surface area contributed by atoms with Crippen molar-refractivity contribution in [3.63, 3.8) is 0 Å². The normalized spacial score (nSPS) is 12.5. The Morgan fingerprint density at radius 1 is 1.54 bits per heavy atom. The van der Waals surface area contributed by atoms with Gasteiger partial charge in [0.05, 0.1) is 0 Å². The average Bonchev–Trinajstić information content (AvgIpc) is 2.14. The number of benzene rings is 1. The highest BCUT2D eigenvalue weighted by Crippen LogP contribution is 2.19. The summed E-state index contributed by atoms with van der Waals surface area (Å²) in [5.41, 5.74) is 6.52. The molecule has 2 heteroatoms. The third kappa shape index (κ3) is 2.67. The number of hydrogen-bond acceptors (Lipinski definition) is 1. The maximum Gasteiger partial charge on any atom is 0.123 e. The highest BCUT2D eigenvalue weighted by Gasteiger charge is 2.07. The molecule has 1 unspecified atom stereocenters. The van der Waals surface area contributed by atoms with Gasteiger partial charge in [-0.3, -0.25) is 0 Å². The smallest absolute Gasteiger partial charge is 0.123 e. The molecule has 0 radical (unpaired) electrons. The van der Waals surface area contributed by atoms with Gasteiger partial charge in [-0.15, -0.1) is 6.58 Å². The van der Waals surface area contributed by atoms with Crippen LogP contribution in [0.5, 0.6) is 0 Å². The number of halogens is 1. The summed E-state index contributed by atoms with van der Waals surface area (Å²) in [6.07, 6.45) is 2.60. The average molecular weight is 179 g/mol. The molecule has 1 atom stereocenters. The van der Waals surface area contributed by atoms with Crippen molar-refractivity contribution in [3.8, 4) is 0 Å². The second kappa shape index (κ2) is 4.77. The van der Waals surface area contributed by atoms with Crippen LogP contribution in [-0.4, -0.2) is 6.54 Å². The maximum atomic E-state index is 12.8. The molecule has 13 heavy (non-hydrogen) atoms. The van der Waals surface area contributed by atoms with Gasteiger partial charge in [-0.05, 0) is 36.6 Å². The summed E-state index contributed by atoms with van der Waals surface area (Å²) in [5.74, 6) is -0.0202. The van der Waals surface area contributed by atoms with Gasteiger partial charge in [0.1, 0.15) is 5.82 Å². The van der Waals surface area contributed by atoms with Crippen LogP contribution in [-0.2, 0) is 0 Å². The van der Waals surface area contributed by atoms with E-state index in [4.69, 9.17) is 5.73 Å². The van der Waals surface area contributed by atoms with E-state index in [0.29, 0.717) is 6.54 Å². The first-order valence-electron chi connectivity index (χ1n) is 4.34. The Labute approximate surface area is 78.1 Å². The highest BCUT2D eigenvalue weighted by molar-refractivity contribution is 5.21. The Morgan fingerprint density at radius 2 is 2.31 bits per heavy atom. The van der Waals surface area contributed by atoms with E-state index in [1.165, 1.54) is 12.1 Å². The minimum atomic E-state index is -0.208. The van der Waals surface area contributed by atoms with Crippen LogP contribution in [0.3, 0.4) is 0 Å². The monoisotopic (exact) mass is 179 g/mol. The fourth-order valence-corrected chi connectivity index (χ4v) is 1.33. The van der Waals surface area contributed by atoms with Crippen LogP contribution < -0.4 is 5.73 Å². The predicted molar refractivity (Wildman–Crippen MR) is 53.0 cm³/mol. The molecule has 0 amide bonds. The fourth-order valence-electron chi connectivity index (χ4n) is 1.33. The Hall–Kier alpha value is -1.15. The second-order valence-corrected chi connectivity index (χ2v) is 3.01. The van der Waals surface area contributed by atoms with Crippen LogP contribution in [0.4, 0.5) is 4.39 Å². The van der Waals surface area contributed by atoms with Gasteiger partial charge < -0.3 is 5.73 Å². The summed E-state index contributed by atoms with van der Waals surface area (Å²) in [5, 5.41) is 0. The van der Waals surface area contributed by atoms with Crippen LogP contribution in [0.1, 0.15) is 17.9 Å². The zero-order chi connectivity index (χ0) is 9.68. The lowest BCUT2D eigenvalue weighted by molar-refractivity contribution is 0.618. The number of rotatable bonds is 4. The Balaban J connectivity index is 2.84. The number of hydrogen-bond donors (Lipinski definition) is 1. The largest absolute Gasteiger partial charge is 0.330 e. The molecule has 70 valence electrons. The first kappa shape index (κ1) is 9.93. The first-order valence-corrected chi connectivity index (χ1v) is 4.34. The fraction of sp³-hybridized carbons (Fsp3) is 0.273. The molecule has 0 heterocycles. The van der Waals surface area contributed by atoms with Gasteiger partial charge in [0.25, 0.3) is 0 Å². The Bertz CT molecular complexity index is 283. The van der Waals surface area contributed by atoms with E-state index in [-0.39, 0.29) is 11.7 Å². The standard InChI is InChI=1S/C11H14FN/c1-2-4-10(8-13)9-5-3-6-11(12)7-9/h2-3,5-7,10H,1,4,8,13H2. The molecule has 0 aliphatic rings. The van der Waals surface area contributed by atoms with Gasteiger partial charge in [-0.1, -0.05) is 18.2 Å². The van der Waals surface area contributed by atoms with Crippen molar-refractivity contribution in [2.24, 2.45) is 5.73 Å². The molecule has 1 rings (SSSR count). The van der Waals surface area contributed by atoms with Gasteiger partial charge >= 0.3 is 0 Å². The van der Waals surface area contributed by atoms with Gasteiger partial charge in [-0.2, -0.15) is 0 Å². The first-order chi connectivity index (χ1) is 6.27. The molecule has 0 fully saturated rings. The molecule has 1 aromatic rings. The molecule has 1 nitrogen and oxygen atoms in total. The lowest BCUT2D eigenvalue weighted by atomic mass is 9.96. The van der Waals surface area contributed by atoms with Crippen molar-refractivity contribution < 1.29 is 4.39 Å². The summed E-state index contributed by atoms with van der Waals surface area (Å²) in [6, 6.07) is 6.56. The van der Waals surface area contributed by atoms with Crippen molar-refractivity contribution in [2.45, 2.75) is 12.3 Å². The molecular formula is C11H14FN. The molecule has 0 bridgehead atoms. The van der Waals surface area contributed by atoms with Crippen molar-refractivity contribution >= 4 is 0 Å². The predicted octanol–water partition coefficient (Wildman–Crippen LogP) is 2.44.